The highest BCUT2D eigenvalue weighted by atomic mass is 16.4. The van der Waals surface area contributed by atoms with Crippen molar-refractivity contribution in [1.29, 1.82) is 16.2 Å². The maximum Gasteiger partial charge on any atom is 0.336 e. The zero-order chi connectivity index (χ0) is 54.9. The van der Waals surface area contributed by atoms with Crippen molar-refractivity contribution in [3.8, 4) is 0 Å². The first kappa shape index (κ1) is 64.1. The fraction of sp³-hybridized carbons (Fsp3) is 0.750. The van der Waals surface area contributed by atoms with Gasteiger partial charge in [0.25, 0.3) is 0 Å². The third-order valence-electron chi connectivity index (χ3n) is 10.9. The second-order valence-electron chi connectivity index (χ2n) is 16.2. The number of aliphatic hydroxyl groups is 13. The normalized spacial score (nSPS) is 27.3. The van der Waals surface area contributed by atoms with E-state index in [1.807, 2.05) is 0 Å². The van der Waals surface area contributed by atoms with Gasteiger partial charge in [-0.1, -0.05) is 0 Å². The van der Waals surface area contributed by atoms with Crippen molar-refractivity contribution in [3.63, 3.8) is 0 Å². The number of aliphatic carboxylic acids is 3. The number of nitrogens with zero attached hydrogens (tertiary/aromatic N) is 6. The summed E-state index contributed by atoms with van der Waals surface area (Å²) in [5.41, 5.74) is 12.9. The van der Waals surface area contributed by atoms with E-state index in [1.54, 1.807) is 0 Å². The average molecular weight is 1020 g/mol. The highest BCUT2D eigenvalue weighted by Crippen LogP contribution is 2.22. The van der Waals surface area contributed by atoms with Gasteiger partial charge < -0.3 is 128 Å². The van der Waals surface area contributed by atoms with E-state index < -0.39 is 147 Å². The van der Waals surface area contributed by atoms with Gasteiger partial charge in [-0.15, -0.1) is 0 Å². The number of carboxylic acids is 3. The van der Waals surface area contributed by atoms with Gasteiger partial charge in [-0.3, -0.25) is 40.2 Å². The minimum Gasteiger partial charge on any atom is -0.481 e. The van der Waals surface area contributed by atoms with E-state index in [1.165, 1.54) is 35.8 Å². The van der Waals surface area contributed by atoms with Crippen LogP contribution < -0.4 is 17.2 Å². The van der Waals surface area contributed by atoms with Gasteiger partial charge in [0.15, 0.2) is 23.5 Å². The largest absolute Gasteiger partial charge is 0.481 e. The van der Waals surface area contributed by atoms with Gasteiger partial charge in [0, 0.05) is 40.8 Å². The van der Waals surface area contributed by atoms with Crippen LogP contribution in [0.3, 0.4) is 0 Å². The third kappa shape index (κ3) is 18.5. The summed E-state index contributed by atoms with van der Waals surface area (Å²) >= 11 is 0. The van der Waals surface area contributed by atoms with Crippen molar-refractivity contribution in [2.24, 2.45) is 17.2 Å². The number of likely N-dealkylation sites (tertiary alicyclic amines) is 3. The lowest BCUT2D eigenvalue weighted by molar-refractivity contribution is -0.170. The highest BCUT2D eigenvalue weighted by molar-refractivity contribution is 5.88. The monoisotopic (exact) mass is 1020 g/mol. The molecule has 3 amide bonds. The number of nitrogens with two attached hydrogens (primary N) is 3. The van der Waals surface area contributed by atoms with Gasteiger partial charge in [-0.25, -0.2) is 4.79 Å². The van der Waals surface area contributed by atoms with Gasteiger partial charge in [0.2, 0.25) is 17.7 Å². The number of carbonyl (C=O) groups is 6. The molecule has 0 unspecified atom stereocenters. The molecule has 70 heavy (non-hydrogen) atoms. The van der Waals surface area contributed by atoms with Crippen LogP contribution in [-0.4, -0.2) is 324 Å². The molecular weight excluding hydrogens is 952 g/mol. The maximum atomic E-state index is 12.0. The van der Waals surface area contributed by atoms with E-state index in [0.29, 0.717) is 0 Å². The van der Waals surface area contributed by atoms with Crippen LogP contribution >= 0.6 is 0 Å². The molecule has 3 fully saturated rings. The molecule has 0 saturated carbocycles. The lowest BCUT2D eigenvalue weighted by Crippen LogP contribution is -2.65. The predicted molar refractivity (Wildman–Crippen MR) is 233 cm³/mol. The summed E-state index contributed by atoms with van der Waals surface area (Å²) < 4.78 is 0. The molecule has 3 heterocycles. The third-order valence-corrected chi connectivity index (χ3v) is 10.9. The zero-order valence-corrected chi connectivity index (χ0v) is 38.2. The van der Waals surface area contributed by atoms with Crippen molar-refractivity contribution in [3.05, 3.63) is 0 Å². The van der Waals surface area contributed by atoms with Crippen molar-refractivity contribution >= 4 is 53.5 Å². The Hall–Kier alpha value is -5.89. The van der Waals surface area contributed by atoms with Gasteiger partial charge in [0.05, 0.1) is 70.4 Å². The molecular formula is C36H68N12O22. The van der Waals surface area contributed by atoms with Crippen molar-refractivity contribution in [2.75, 3.05) is 80.2 Å². The Balaban J connectivity index is 0.000000916. The first-order valence-corrected chi connectivity index (χ1v) is 20.5. The molecule has 0 radical (unpaired) electrons. The number of guanidine groups is 3. The van der Waals surface area contributed by atoms with Gasteiger partial charge >= 0.3 is 17.9 Å². The number of β-amino-alcohol motifs (C(OH)–C–C–N with tert-alkyl or cyclic N) is 3. The topological polar surface area (TPSA) is 595 Å². The Bertz CT molecular complexity index is 1630. The van der Waals surface area contributed by atoms with Crippen molar-refractivity contribution in [2.45, 2.75) is 91.5 Å². The average Bonchev–Trinajstić information content (AvgIpc) is 3.25. The lowest BCUT2D eigenvalue weighted by Gasteiger charge is -2.43. The van der Waals surface area contributed by atoms with E-state index >= 15 is 0 Å². The molecule has 0 bridgehead atoms. The number of likely N-dealkylation sites (N-methyl/N-ethyl adjacent to an activating group) is 3. The van der Waals surface area contributed by atoms with Crippen LogP contribution in [0, 0.1) is 16.2 Å². The number of carboxylic acid groups (broad SMARTS) is 3. The number of amides is 3. The number of carbonyl (C=O) groups excluding carboxylic acids is 3. The highest BCUT2D eigenvalue weighted by Gasteiger charge is 2.46. The molecule has 3 saturated heterocycles. The molecule has 0 aromatic carbocycles. The molecule has 404 valence electrons. The number of aliphatic hydroxyl groups excluding tert-OH is 12. The number of rotatable bonds is 14. The Morgan fingerprint density at radius 2 is 0.700 bits per heavy atom. The Morgan fingerprint density at radius 3 is 0.857 bits per heavy atom. The zero-order valence-electron chi connectivity index (χ0n) is 38.2. The van der Waals surface area contributed by atoms with Crippen LogP contribution in [0.2, 0.25) is 0 Å². The molecule has 3 aliphatic rings. The molecule has 34 nitrogen and oxygen atoms in total. The smallest absolute Gasteiger partial charge is 0.336 e. The molecule has 3 rings (SSSR count). The Kier molecular flexibility index (Phi) is 26.3. The van der Waals surface area contributed by atoms with E-state index in [0.717, 1.165) is 14.7 Å². The van der Waals surface area contributed by atoms with Crippen LogP contribution in [0.4, 0.5) is 0 Å². The molecule has 12 atom stereocenters. The van der Waals surface area contributed by atoms with Crippen LogP contribution in [0.25, 0.3) is 0 Å². The Morgan fingerprint density at radius 1 is 0.486 bits per heavy atom. The van der Waals surface area contributed by atoms with Crippen LogP contribution in [0.1, 0.15) is 12.8 Å². The van der Waals surface area contributed by atoms with E-state index in [2.05, 4.69) is 0 Å². The maximum absolute atomic E-state index is 12.0. The molecule has 0 spiro atoms. The Labute approximate surface area is 398 Å². The molecule has 0 aliphatic carbocycles. The fourth-order valence-electron chi connectivity index (χ4n) is 6.58. The second-order valence-corrected chi connectivity index (χ2v) is 16.2. The number of nitrogens with one attached hydrogen (secondary N) is 3. The lowest BCUT2D eigenvalue weighted by atomic mass is 9.94. The number of piperidine rings is 3. The molecule has 0 aromatic rings. The summed E-state index contributed by atoms with van der Waals surface area (Å²) in [4.78, 5) is 73.3. The molecule has 0 aromatic heterocycles. The van der Waals surface area contributed by atoms with E-state index in [9.17, 15) is 90.0 Å². The van der Waals surface area contributed by atoms with Crippen LogP contribution in [0.15, 0.2) is 0 Å². The quantitative estimate of drug-likeness (QED) is 0.0567. The second kappa shape index (κ2) is 28.7. The SMILES string of the molecule is CN(CC(=O)N1C[C@@H](O)[C@@H](O)[C@H](O)[C@H]1CO)C(=N)N.CN(CC(=O)N1C[C@@H](O)[C@@H](O)[C@H](O)[C@H]1CO)C(=N)N.CN(CC(=O)N1C[C@@H](O)[C@@H](O)[C@H](O)[C@H]1CO)C(=N)N.O=C(O)CC(O)(CC(=O)O)C(=O)O. The van der Waals surface area contributed by atoms with E-state index in [4.69, 9.17) is 53.9 Å². The summed E-state index contributed by atoms with van der Waals surface area (Å²) in [5, 5.41) is 169. The van der Waals surface area contributed by atoms with Gasteiger partial charge in [-0.05, 0) is 0 Å². The summed E-state index contributed by atoms with van der Waals surface area (Å²) in [7, 11) is 4.33. The molecule has 34 heteroatoms. The minimum absolute atomic E-state index is 0.200. The van der Waals surface area contributed by atoms with Crippen LogP contribution in [-0.2, 0) is 28.8 Å². The van der Waals surface area contributed by atoms with Gasteiger partial charge in [0.1, 0.15) is 54.9 Å². The molecule has 3 aliphatic heterocycles. The molecule has 25 N–H and O–H groups in total. The van der Waals surface area contributed by atoms with Crippen LogP contribution in [0.5, 0.6) is 0 Å². The summed E-state index contributed by atoms with van der Waals surface area (Å²) in [5.74, 6) is -7.45. The summed E-state index contributed by atoms with van der Waals surface area (Å²) in [6, 6.07) is -2.98. The summed E-state index contributed by atoms with van der Waals surface area (Å²) in [6.07, 6.45) is -14.7. The number of hydrogen-bond acceptors (Lipinski definition) is 22. The van der Waals surface area contributed by atoms with Crippen molar-refractivity contribution in [1.82, 2.24) is 29.4 Å². The number of hydrogen-bond donors (Lipinski definition) is 22. The first-order valence-electron chi connectivity index (χ1n) is 20.5. The van der Waals surface area contributed by atoms with E-state index in [-0.39, 0.29) is 57.1 Å². The first-order chi connectivity index (χ1) is 32.1. The van der Waals surface area contributed by atoms with Gasteiger partial charge in [-0.2, -0.15) is 0 Å². The summed E-state index contributed by atoms with van der Waals surface area (Å²) in [6.45, 7) is -2.89. The predicted octanol–water partition coefficient (Wildman–Crippen LogP) is -13.0. The van der Waals surface area contributed by atoms with Crippen molar-refractivity contribution < 1.29 is 110 Å². The fourth-order valence-corrected chi connectivity index (χ4v) is 6.58. The minimum atomic E-state index is -2.74. The standard InChI is InChI=1S/3C10H20N4O5.C6H8O7/c3*1-13(10(11)12)3-7(17)14-2-6(16)9(19)8(18)5(14)4-15;7-3(8)1-6(13,5(11)12)2-4(9)10/h3*5-6,8-9,15-16,18-19H,2-4H2,1H3,(H3,11,12);13H,1-2H2,(H,7,8)(H,9,10)(H,11,12)/t3*5-,6-,8-,9-;/m111./s1.